The Hall–Kier alpha value is -1.35. The Balaban J connectivity index is 2.52. The summed E-state index contributed by atoms with van der Waals surface area (Å²) in [5, 5.41) is 11.5. The summed E-state index contributed by atoms with van der Waals surface area (Å²) >= 11 is 1.53. The number of methoxy groups -OCH3 is 1. The van der Waals surface area contributed by atoms with Gasteiger partial charge in [0.25, 0.3) is 5.91 Å². The molecule has 0 radical (unpaired) electrons. The lowest BCUT2D eigenvalue weighted by atomic mass is 10.1. The second-order valence-electron chi connectivity index (χ2n) is 4.44. The molecule has 0 aliphatic rings. The van der Waals surface area contributed by atoms with Gasteiger partial charge in [0.1, 0.15) is 5.60 Å². The SMILES string of the molecule is COC(C)(C)C(=O)NCc1ccc(C#CCCO)s1. The molecule has 1 aromatic rings. The number of ether oxygens (including phenoxy) is 1. The van der Waals surface area contributed by atoms with Crippen LogP contribution in [0.2, 0.25) is 0 Å². The van der Waals surface area contributed by atoms with Crippen LogP contribution >= 0.6 is 11.3 Å². The van der Waals surface area contributed by atoms with E-state index in [9.17, 15) is 4.79 Å². The fourth-order valence-corrected chi connectivity index (χ4v) is 2.04. The highest BCUT2D eigenvalue weighted by molar-refractivity contribution is 7.12. The van der Waals surface area contributed by atoms with Crippen molar-refractivity contribution in [2.24, 2.45) is 0 Å². The van der Waals surface area contributed by atoms with Gasteiger partial charge in [-0.05, 0) is 26.0 Å². The first kappa shape index (κ1) is 15.7. The fourth-order valence-electron chi connectivity index (χ4n) is 1.22. The molecule has 1 aromatic heterocycles. The van der Waals surface area contributed by atoms with Gasteiger partial charge in [0.05, 0.1) is 18.0 Å². The number of aliphatic hydroxyl groups is 1. The van der Waals surface area contributed by atoms with Crippen molar-refractivity contribution in [1.82, 2.24) is 5.32 Å². The number of thiophene rings is 1. The maximum absolute atomic E-state index is 11.8. The van der Waals surface area contributed by atoms with Crippen LogP contribution in [0.5, 0.6) is 0 Å². The second kappa shape index (κ2) is 7.29. The number of hydrogen-bond acceptors (Lipinski definition) is 4. The van der Waals surface area contributed by atoms with Crippen LogP contribution in [-0.4, -0.2) is 30.3 Å². The van der Waals surface area contributed by atoms with Gasteiger partial charge in [0, 0.05) is 18.4 Å². The van der Waals surface area contributed by atoms with Crippen molar-refractivity contribution >= 4 is 17.2 Å². The van der Waals surface area contributed by atoms with E-state index in [1.54, 1.807) is 13.8 Å². The molecular weight excluding hydrogens is 262 g/mol. The van der Waals surface area contributed by atoms with E-state index in [1.165, 1.54) is 18.4 Å². The maximum atomic E-state index is 11.8. The molecule has 0 atom stereocenters. The summed E-state index contributed by atoms with van der Waals surface area (Å²) < 4.78 is 5.10. The van der Waals surface area contributed by atoms with Crippen molar-refractivity contribution in [2.45, 2.75) is 32.4 Å². The third-order valence-corrected chi connectivity index (χ3v) is 3.59. The average Bonchev–Trinajstić information content (AvgIpc) is 2.84. The molecule has 0 saturated heterocycles. The van der Waals surface area contributed by atoms with Gasteiger partial charge in [0.15, 0.2) is 0 Å². The number of nitrogens with one attached hydrogen (secondary N) is 1. The van der Waals surface area contributed by atoms with E-state index in [0.29, 0.717) is 13.0 Å². The Kier molecular flexibility index (Phi) is 6.03. The van der Waals surface area contributed by atoms with Gasteiger partial charge < -0.3 is 15.2 Å². The Bertz CT molecular complexity index is 482. The van der Waals surface area contributed by atoms with Gasteiger partial charge in [-0.3, -0.25) is 4.79 Å². The van der Waals surface area contributed by atoms with Crippen LogP contribution in [-0.2, 0) is 16.1 Å². The normalized spacial score (nSPS) is 10.7. The predicted molar refractivity (Wildman–Crippen MR) is 75.8 cm³/mol. The average molecular weight is 281 g/mol. The summed E-state index contributed by atoms with van der Waals surface area (Å²) in [4.78, 5) is 13.8. The number of amides is 1. The first-order valence-corrected chi connectivity index (χ1v) is 6.83. The van der Waals surface area contributed by atoms with Gasteiger partial charge in [-0.15, -0.1) is 11.3 Å². The van der Waals surface area contributed by atoms with E-state index < -0.39 is 5.60 Å². The fraction of sp³-hybridized carbons (Fsp3) is 0.500. The Morgan fingerprint density at radius 2 is 2.26 bits per heavy atom. The van der Waals surface area contributed by atoms with E-state index in [0.717, 1.165) is 9.75 Å². The van der Waals surface area contributed by atoms with Crippen molar-refractivity contribution in [3.05, 3.63) is 21.9 Å². The molecule has 19 heavy (non-hydrogen) atoms. The second-order valence-corrected chi connectivity index (χ2v) is 5.61. The number of aliphatic hydroxyl groups excluding tert-OH is 1. The van der Waals surface area contributed by atoms with Gasteiger partial charge in [-0.1, -0.05) is 11.8 Å². The van der Waals surface area contributed by atoms with Crippen LogP contribution in [0.25, 0.3) is 0 Å². The minimum Gasteiger partial charge on any atom is -0.395 e. The van der Waals surface area contributed by atoms with Crippen LogP contribution in [0, 0.1) is 11.8 Å². The Morgan fingerprint density at radius 1 is 1.53 bits per heavy atom. The molecule has 0 aliphatic carbocycles. The predicted octanol–water partition coefficient (Wildman–Crippen LogP) is 1.52. The molecule has 1 amide bonds. The van der Waals surface area contributed by atoms with Crippen LogP contribution in [0.3, 0.4) is 0 Å². The minimum absolute atomic E-state index is 0.0768. The topological polar surface area (TPSA) is 58.6 Å². The van der Waals surface area contributed by atoms with E-state index in [4.69, 9.17) is 9.84 Å². The molecule has 0 fully saturated rings. The largest absolute Gasteiger partial charge is 0.395 e. The molecule has 0 aliphatic heterocycles. The van der Waals surface area contributed by atoms with Crippen molar-refractivity contribution in [3.8, 4) is 11.8 Å². The quantitative estimate of drug-likeness (QED) is 0.805. The molecule has 0 saturated carbocycles. The van der Waals surface area contributed by atoms with Crippen LogP contribution in [0.1, 0.15) is 30.0 Å². The molecule has 0 spiro atoms. The lowest BCUT2D eigenvalue weighted by molar-refractivity contribution is -0.139. The molecule has 1 heterocycles. The molecule has 0 aromatic carbocycles. The molecule has 0 bridgehead atoms. The maximum Gasteiger partial charge on any atom is 0.251 e. The van der Waals surface area contributed by atoms with Crippen molar-refractivity contribution < 1.29 is 14.6 Å². The standard InChI is InChI=1S/C14H19NO3S/c1-14(2,18-3)13(17)15-10-12-8-7-11(19-12)6-4-5-9-16/h7-8,16H,5,9-10H2,1-3H3,(H,15,17). The molecule has 2 N–H and O–H groups in total. The lowest BCUT2D eigenvalue weighted by Crippen LogP contribution is -2.43. The number of carbonyl (C=O) groups excluding carboxylic acids is 1. The molecule has 5 heteroatoms. The van der Waals surface area contributed by atoms with E-state index in [-0.39, 0.29) is 12.5 Å². The van der Waals surface area contributed by atoms with Crippen LogP contribution in [0.4, 0.5) is 0 Å². The van der Waals surface area contributed by atoms with Gasteiger partial charge in [0.2, 0.25) is 0 Å². The smallest absolute Gasteiger partial charge is 0.251 e. The number of rotatable bonds is 5. The minimum atomic E-state index is -0.818. The highest BCUT2D eigenvalue weighted by Crippen LogP contribution is 2.16. The number of hydrogen-bond donors (Lipinski definition) is 2. The van der Waals surface area contributed by atoms with E-state index in [2.05, 4.69) is 17.2 Å². The number of carbonyl (C=O) groups is 1. The summed E-state index contributed by atoms with van der Waals surface area (Å²) in [5.74, 6) is 5.69. The summed E-state index contributed by atoms with van der Waals surface area (Å²) in [7, 11) is 1.51. The molecule has 4 nitrogen and oxygen atoms in total. The summed E-state index contributed by atoms with van der Waals surface area (Å²) in [6, 6.07) is 3.85. The van der Waals surface area contributed by atoms with Crippen molar-refractivity contribution in [3.63, 3.8) is 0 Å². The molecule has 104 valence electrons. The zero-order valence-corrected chi connectivity index (χ0v) is 12.3. The van der Waals surface area contributed by atoms with Crippen LogP contribution < -0.4 is 5.32 Å². The van der Waals surface area contributed by atoms with Crippen LogP contribution in [0.15, 0.2) is 12.1 Å². The molecule has 0 unspecified atom stereocenters. The van der Waals surface area contributed by atoms with Crippen molar-refractivity contribution in [1.29, 1.82) is 0 Å². The first-order valence-electron chi connectivity index (χ1n) is 6.01. The summed E-state index contributed by atoms with van der Waals surface area (Å²) in [5.41, 5.74) is -0.818. The summed E-state index contributed by atoms with van der Waals surface area (Å²) in [6.07, 6.45) is 0.478. The van der Waals surface area contributed by atoms with Gasteiger partial charge in [-0.25, -0.2) is 0 Å². The Labute approximate surface area is 117 Å². The van der Waals surface area contributed by atoms with E-state index in [1.807, 2.05) is 12.1 Å². The monoisotopic (exact) mass is 281 g/mol. The summed E-state index contributed by atoms with van der Waals surface area (Å²) in [6.45, 7) is 4.00. The molecule has 1 rings (SSSR count). The van der Waals surface area contributed by atoms with Gasteiger partial charge in [-0.2, -0.15) is 0 Å². The van der Waals surface area contributed by atoms with Crippen molar-refractivity contribution in [2.75, 3.05) is 13.7 Å². The first-order chi connectivity index (χ1) is 8.99. The van der Waals surface area contributed by atoms with Gasteiger partial charge >= 0.3 is 0 Å². The van der Waals surface area contributed by atoms with E-state index >= 15 is 0 Å². The highest BCUT2D eigenvalue weighted by atomic mass is 32.1. The zero-order chi connectivity index (χ0) is 14.3. The molecular formula is C14H19NO3S. The Morgan fingerprint density at radius 3 is 2.89 bits per heavy atom. The highest BCUT2D eigenvalue weighted by Gasteiger charge is 2.26. The zero-order valence-electron chi connectivity index (χ0n) is 11.4. The third-order valence-electron chi connectivity index (χ3n) is 2.59. The third kappa shape index (κ3) is 5.03. The lowest BCUT2D eigenvalue weighted by Gasteiger charge is -2.21.